The molecule has 0 radical (unpaired) electrons. The zero-order valence-electron chi connectivity index (χ0n) is 13.4. The maximum absolute atomic E-state index is 4.74. The predicted molar refractivity (Wildman–Crippen MR) is 92.0 cm³/mol. The molecule has 2 aliphatic rings. The Morgan fingerprint density at radius 3 is 2.83 bits per heavy atom. The number of aromatic amines is 1. The molecule has 0 spiro atoms. The van der Waals surface area contributed by atoms with Crippen LogP contribution in [0.5, 0.6) is 0 Å². The fraction of sp³-hybridized carbons (Fsp3) is 0.412. The number of aromatic nitrogens is 5. The summed E-state index contributed by atoms with van der Waals surface area (Å²) in [6.45, 7) is 3.85. The molecule has 1 aliphatic carbocycles. The van der Waals surface area contributed by atoms with Crippen LogP contribution in [0.3, 0.4) is 0 Å². The van der Waals surface area contributed by atoms with E-state index in [9.17, 15) is 0 Å². The molecule has 24 heavy (non-hydrogen) atoms. The summed E-state index contributed by atoms with van der Waals surface area (Å²) in [5.74, 6) is 2.21. The first-order valence-corrected chi connectivity index (χ1v) is 8.52. The Hall–Kier alpha value is -2.54. The highest BCUT2D eigenvalue weighted by atomic mass is 15.3. The van der Waals surface area contributed by atoms with Gasteiger partial charge in [0.1, 0.15) is 0 Å². The summed E-state index contributed by atoms with van der Waals surface area (Å²) in [7, 11) is 0. The smallest absolute Gasteiger partial charge is 0.183 e. The Morgan fingerprint density at radius 2 is 2.00 bits per heavy atom. The van der Waals surface area contributed by atoms with Crippen molar-refractivity contribution in [3.8, 4) is 11.4 Å². The predicted octanol–water partition coefficient (Wildman–Crippen LogP) is 1.70. The van der Waals surface area contributed by atoms with Gasteiger partial charge in [0.25, 0.3) is 0 Å². The Balaban J connectivity index is 1.53. The third-order valence-corrected chi connectivity index (χ3v) is 4.81. The standard InChI is InChI=1S/C17H19N7/c1-2-11(1)16-13-9-12(3-4-14(13)21-22-16)17-20-15(10-19-23-17)24-7-5-18-6-8-24/h3-4,9-11,18H,1-2,5-8H2,(H,21,22). The lowest BCUT2D eigenvalue weighted by Crippen LogP contribution is -2.44. The van der Waals surface area contributed by atoms with Crippen molar-refractivity contribution in [1.82, 2.24) is 30.7 Å². The highest BCUT2D eigenvalue weighted by molar-refractivity contribution is 5.86. The second kappa shape index (κ2) is 5.52. The van der Waals surface area contributed by atoms with E-state index in [1.165, 1.54) is 23.9 Å². The Labute approximate surface area is 139 Å². The molecule has 0 unspecified atom stereocenters. The molecule has 1 aromatic carbocycles. The number of rotatable bonds is 3. The van der Waals surface area contributed by atoms with Gasteiger partial charge in [-0.1, -0.05) is 0 Å². The fourth-order valence-corrected chi connectivity index (χ4v) is 3.32. The highest BCUT2D eigenvalue weighted by Gasteiger charge is 2.27. The lowest BCUT2D eigenvalue weighted by molar-refractivity contribution is 0.583. The highest BCUT2D eigenvalue weighted by Crippen LogP contribution is 2.42. The number of hydrogen-bond donors (Lipinski definition) is 2. The van der Waals surface area contributed by atoms with Gasteiger partial charge in [-0.2, -0.15) is 10.2 Å². The minimum absolute atomic E-state index is 0.636. The quantitative estimate of drug-likeness (QED) is 0.764. The van der Waals surface area contributed by atoms with Crippen LogP contribution >= 0.6 is 0 Å². The second-order valence-corrected chi connectivity index (χ2v) is 6.52. The van der Waals surface area contributed by atoms with Crippen LogP contribution in [-0.4, -0.2) is 51.6 Å². The van der Waals surface area contributed by atoms with Crippen LogP contribution in [0.1, 0.15) is 24.5 Å². The molecule has 2 N–H and O–H groups in total. The van der Waals surface area contributed by atoms with E-state index in [1.807, 2.05) is 12.1 Å². The van der Waals surface area contributed by atoms with Gasteiger partial charge in [-0.15, -0.1) is 5.10 Å². The molecule has 1 aliphatic heterocycles. The Bertz CT molecular complexity index is 878. The number of H-pyrrole nitrogens is 1. The van der Waals surface area contributed by atoms with Gasteiger partial charge in [0.05, 0.1) is 11.7 Å². The van der Waals surface area contributed by atoms with Gasteiger partial charge >= 0.3 is 0 Å². The average Bonchev–Trinajstić information content (AvgIpc) is 3.41. The summed E-state index contributed by atoms with van der Waals surface area (Å²) in [6.07, 6.45) is 4.25. The molecule has 3 heterocycles. The Morgan fingerprint density at radius 1 is 1.12 bits per heavy atom. The lowest BCUT2D eigenvalue weighted by Gasteiger charge is -2.28. The number of nitrogens with zero attached hydrogens (tertiary/aromatic N) is 5. The fourth-order valence-electron chi connectivity index (χ4n) is 3.32. The van der Waals surface area contributed by atoms with Crippen molar-refractivity contribution >= 4 is 16.7 Å². The molecular weight excluding hydrogens is 302 g/mol. The van der Waals surface area contributed by atoms with Crippen LogP contribution in [0, 0.1) is 0 Å². The maximum atomic E-state index is 4.74. The number of anilines is 1. The monoisotopic (exact) mass is 321 g/mol. The molecule has 7 heteroatoms. The zero-order chi connectivity index (χ0) is 15.9. The van der Waals surface area contributed by atoms with Crippen LogP contribution in [-0.2, 0) is 0 Å². The van der Waals surface area contributed by atoms with E-state index in [4.69, 9.17) is 4.98 Å². The van der Waals surface area contributed by atoms with Crippen LogP contribution in [0.4, 0.5) is 5.82 Å². The molecule has 2 fully saturated rings. The van der Waals surface area contributed by atoms with Crippen molar-refractivity contribution in [2.45, 2.75) is 18.8 Å². The molecule has 0 atom stereocenters. The van der Waals surface area contributed by atoms with Gasteiger partial charge in [0, 0.05) is 48.7 Å². The third kappa shape index (κ3) is 2.41. The molecule has 2 aromatic heterocycles. The van der Waals surface area contributed by atoms with E-state index >= 15 is 0 Å². The normalized spacial score (nSPS) is 18.2. The van der Waals surface area contributed by atoms with Crippen molar-refractivity contribution in [1.29, 1.82) is 0 Å². The van der Waals surface area contributed by atoms with Crippen LogP contribution in [0.25, 0.3) is 22.3 Å². The second-order valence-electron chi connectivity index (χ2n) is 6.52. The van der Waals surface area contributed by atoms with E-state index < -0.39 is 0 Å². The summed E-state index contributed by atoms with van der Waals surface area (Å²) in [4.78, 5) is 6.99. The molecule has 7 nitrogen and oxygen atoms in total. The summed E-state index contributed by atoms with van der Waals surface area (Å²) < 4.78 is 0. The van der Waals surface area contributed by atoms with Gasteiger partial charge in [-0.3, -0.25) is 5.10 Å². The number of nitrogens with one attached hydrogen (secondary N) is 2. The van der Waals surface area contributed by atoms with Crippen molar-refractivity contribution in [3.63, 3.8) is 0 Å². The van der Waals surface area contributed by atoms with E-state index in [0.29, 0.717) is 11.7 Å². The molecule has 1 saturated heterocycles. The zero-order valence-corrected chi connectivity index (χ0v) is 13.4. The summed E-state index contributed by atoms with van der Waals surface area (Å²) in [5.41, 5.74) is 3.25. The average molecular weight is 321 g/mol. The van der Waals surface area contributed by atoms with Gasteiger partial charge in [0.2, 0.25) is 0 Å². The summed E-state index contributed by atoms with van der Waals surface area (Å²) >= 11 is 0. The third-order valence-electron chi connectivity index (χ3n) is 4.81. The molecule has 0 bridgehead atoms. The first-order valence-electron chi connectivity index (χ1n) is 8.52. The SMILES string of the molecule is c1cc2n[nH]c(C3CC3)c2cc1-c1nncc(N2CCNCC2)n1. The van der Waals surface area contributed by atoms with Crippen LogP contribution in [0.15, 0.2) is 24.4 Å². The minimum atomic E-state index is 0.636. The van der Waals surface area contributed by atoms with E-state index in [-0.39, 0.29) is 0 Å². The van der Waals surface area contributed by atoms with E-state index in [2.05, 4.69) is 36.7 Å². The molecule has 1 saturated carbocycles. The van der Waals surface area contributed by atoms with E-state index in [1.54, 1.807) is 6.20 Å². The molecular formula is C17H19N7. The van der Waals surface area contributed by atoms with Gasteiger partial charge in [-0.25, -0.2) is 4.98 Å². The molecule has 3 aromatic rings. The topological polar surface area (TPSA) is 82.6 Å². The number of hydrogen-bond acceptors (Lipinski definition) is 6. The van der Waals surface area contributed by atoms with E-state index in [0.717, 1.165) is 43.1 Å². The lowest BCUT2D eigenvalue weighted by atomic mass is 10.1. The maximum Gasteiger partial charge on any atom is 0.183 e. The summed E-state index contributed by atoms with van der Waals surface area (Å²) in [5, 5.41) is 20.6. The van der Waals surface area contributed by atoms with Crippen LogP contribution in [0.2, 0.25) is 0 Å². The van der Waals surface area contributed by atoms with Gasteiger partial charge in [-0.05, 0) is 31.0 Å². The molecule has 0 amide bonds. The largest absolute Gasteiger partial charge is 0.353 e. The van der Waals surface area contributed by atoms with Crippen molar-refractivity contribution in [2.24, 2.45) is 0 Å². The van der Waals surface area contributed by atoms with Crippen molar-refractivity contribution < 1.29 is 0 Å². The van der Waals surface area contributed by atoms with Crippen molar-refractivity contribution in [3.05, 3.63) is 30.1 Å². The number of benzene rings is 1. The summed E-state index contributed by atoms with van der Waals surface area (Å²) in [6, 6.07) is 6.21. The first-order chi connectivity index (χ1) is 11.9. The van der Waals surface area contributed by atoms with Crippen molar-refractivity contribution in [2.75, 3.05) is 31.1 Å². The molecule has 5 rings (SSSR count). The first kappa shape index (κ1) is 13.9. The number of piperazine rings is 1. The Kier molecular flexibility index (Phi) is 3.19. The van der Waals surface area contributed by atoms with Gasteiger partial charge in [0.15, 0.2) is 11.6 Å². The van der Waals surface area contributed by atoms with Crippen LogP contribution < -0.4 is 10.2 Å². The minimum Gasteiger partial charge on any atom is -0.353 e. The molecule has 122 valence electrons. The van der Waals surface area contributed by atoms with Gasteiger partial charge < -0.3 is 10.2 Å². The number of fused-ring (bicyclic) bond motifs is 1.